The highest BCUT2D eigenvalue weighted by Gasteiger charge is 2.16. The third-order valence-corrected chi connectivity index (χ3v) is 4.93. The van der Waals surface area contributed by atoms with Crippen LogP contribution >= 0.6 is 0 Å². The highest BCUT2D eigenvalue weighted by Crippen LogP contribution is 2.34. The average molecular weight is 368 g/mol. The summed E-state index contributed by atoms with van der Waals surface area (Å²) in [6, 6.07) is 24.8. The summed E-state index contributed by atoms with van der Waals surface area (Å²) >= 11 is 0. The van der Waals surface area contributed by atoms with E-state index in [0.717, 1.165) is 39.0 Å². The Kier molecular flexibility index (Phi) is 4.93. The van der Waals surface area contributed by atoms with Crippen molar-refractivity contribution in [1.82, 2.24) is 9.97 Å². The number of fused-ring (bicyclic) bond motifs is 1. The quantitative estimate of drug-likeness (QED) is 0.494. The van der Waals surface area contributed by atoms with Crippen LogP contribution in [0.2, 0.25) is 0 Å². The highest BCUT2D eigenvalue weighted by molar-refractivity contribution is 5.92. The van der Waals surface area contributed by atoms with Crippen LogP contribution < -0.4 is 0 Å². The summed E-state index contributed by atoms with van der Waals surface area (Å²) in [7, 11) is 0. The fourth-order valence-electron chi connectivity index (χ4n) is 3.43. The van der Waals surface area contributed by atoms with E-state index < -0.39 is 5.60 Å². The first-order chi connectivity index (χ1) is 13.5. The summed E-state index contributed by atoms with van der Waals surface area (Å²) < 4.78 is 0. The van der Waals surface area contributed by atoms with Crippen LogP contribution in [-0.2, 0) is 6.42 Å². The topological polar surface area (TPSA) is 46.0 Å². The van der Waals surface area contributed by atoms with Crippen molar-refractivity contribution < 1.29 is 5.11 Å². The van der Waals surface area contributed by atoms with E-state index in [9.17, 15) is 5.11 Å². The van der Waals surface area contributed by atoms with Gasteiger partial charge in [0.2, 0.25) is 0 Å². The summed E-state index contributed by atoms with van der Waals surface area (Å²) in [5, 5.41) is 11.2. The fraction of sp³-hybridized carbons (Fsp3) is 0.200. The van der Waals surface area contributed by atoms with Gasteiger partial charge in [-0.25, -0.2) is 4.98 Å². The smallest absolute Gasteiger partial charge is 0.0788 e. The minimum absolute atomic E-state index is 0.653. The molecule has 0 unspecified atom stereocenters. The number of aromatic nitrogens is 2. The van der Waals surface area contributed by atoms with E-state index in [1.807, 2.05) is 62.5 Å². The summed E-state index contributed by atoms with van der Waals surface area (Å²) in [6.07, 6.45) is 3.17. The van der Waals surface area contributed by atoms with Gasteiger partial charge in [0.1, 0.15) is 0 Å². The van der Waals surface area contributed by atoms with Gasteiger partial charge in [-0.05, 0) is 44.4 Å². The molecule has 3 heteroatoms. The molecule has 0 spiro atoms. The Balaban J connectivity index is 1.92. The lowest BCUT2D eigenvalue weighted by Gasteiger charge is -2.17. The van der Waals surface area contributed by atoms with Crippen molar-refractivity contribution in [2.45, 2.75) is 32.3 Å². The molecule has 0 amide bonds. The van der Waals surface area contributed by atoms with Crippen molar-refractivity contribution in [1.29, 1.82) is 0 Å². The highest BCUT2D eigenvalue weighted by atomic mass is 16.3. The molecule has 0 aliphatic carbocycles. The van der Waals surface area contributed by atoms with Gasteiger partial charge in [-0.1, -0.05) is 60.7 Å². The van der Waals surface area contributed by atoms with E-state index in [2.05, 4.69) is 35.3 Å². The van der Waals surface area contributed by atoms with Crippen LogP contribution in [0.1, 0.15) is 26.0 Å². The maximum atomic E-state index is 10.1. The molecule has 1 N–H and O–H groups in total. The zero-order chi connectivity index (χ0) is 19.6. The van der Waals surface area contributed by atoms with Crippen molar-refractivity contribution in [3.8, 4) is 22.4 Å². The predicted molar refractivity (Wildman–Crippen MR) is 115 cm³/mol. The van der Waals surface area contributed by atoms with Crippen LogP contribution in [-0.4, -0.2) is 20.7 Å². The lowest BCUT2D eigenvalue weighted by Crippen LogP contribution is -2.19. The molecular weight excluding hydrogens is 344 g/mol. The van der Waals surface area contributed by atoms with E-state index in [4.69, 9.17) is 4.98 Å². The predicted octanol–water partition coefficient (Wildman–Crippen LogP) is 5.67. The second-order valence-corrected chi connectivity index (χ2v) is 7.75. The first kappa shape index (κ1) is 18.3. The lowest BCUT2D eigenvalue weighted by molar-refractivity contribution is 0.0712. The minimum atomic E-state index is -0.719. The first-order valence-corrected chi connectivity index (χ1v) is 9.63. The molecule has 0 aliphatic heterocycles. The van der Waals surface area contributed by atoms with Gasteiger partial charge in [-0.15, -0.1) is 0 Å². The Hall–Kier alpha value is -3.04. The molecule has 2 heterocycles. The Morgan fingerprint density at radius 3 is 2.14 bits per heavy atom. The summed E-state index contributed by atoms with van der Waals surface area (Å²) in [6.45, 7) is 3.67. The molecule has 4 aromatic rings. The Morgan fingerprint density at radius 2 is 1.50 bits per heavy atom. The number of nitrogens with zero attached hydrogens (tertiary/aromatic N) is 2. The maximum Gasteiger partial charge on any atom is 0.0788 e. The van der Waals surface area contributed by atoms with Gasteiger partial charge >= 0.3 is 0 Å². The number of hydrogen-bond donors (Lipinski definition) is 1. The molecule has 28 heavy (non-hydrogen) atoms. The van der Waals surface area contributed by atoms with Crippen LogP contribution in [0, 0.1) is 0 Å². The molecule has 0 radical (unpaired) electrons. The molecule has 140 valence electrons. The molecule has 3 nitrogen and oxygen atoms in total. The van der Waals surface area contributed by atoms with Crippen LogP contribution in [0.3, 0.4) is 0 Å². The van der Waals surface area contributed by atoms with Crippen molar-refractivity contribution in [3.63, 3.8) is 0 Å². The number of benzene rings is 2. The van der Waals surface area contributed by atoms with E-state index in [0.29, 0.717) is 12.8 Å². The van der Waals surface area contributed by atoms with Gasteiger partial charge in [0.05, 0.1) is 16.8 Å². The van der Waals surface area contributed by atoms with Crippen molar-refractivity contribution in [2.75, 3.05) is 0 Å². The second-order valence-electron chi connectivity index (χ2n) is 7.75. The first-order valence-electron chi connectivity index (χ1n) is 9.63. The molecule has 0 aliphatic rings. The van der Waals surface area contributed by atoms with Crippen LogP contribution in [0.15, 0.2) is 79.0 Å². The third kappa shape index (κ3) is 3.95. The van der Waals surface area contributed by atoms with Gasteiger partial charge in [0, 0.05) is 28.4 Å². The van der Waals surface area contributed by atoms with E-state index in [1.165, 1.54) is 0 Å². The normalized spacial score (nSPS) is 11.7. The van der Waals surface area contributed by atoms with Crippen molar-refractivity contribution in [2.24, 2.45) is 0 Å². The molecule has 0 atom stereocenters. The standard InChI is InChI=1S/C25H24N2O/c1-25(2,28)15-13-22-21-17-20(18-9-5-3-6-10-18)24(19-11-7-4-8-12-19)27-23(21)14-16-26-22/h3-12,14,16-17,28H,13,15H2,1-2H3. The van der Waals surface area contributed by atoms with Gasteiger partial charge in [-0.3, -0.25) is 4.98 Å². The molecule has 2 aromatic heterocycles. The number of aliphatic hydroxyl groups is 1. The van der Waals surface area contributed by atoms with Crippen LogP contribution in [0.5, 0.6) is 0 Å². The number of aryl methyl sites for hydroxylation is 1. The molecule has 4 rings (SSSR count). The Morgan fingerprint density at radius 1 is 0.857 bits per heavy atom. The van der Waals surface area contributed by atoms with Gasteiger partial charge in [0.25, 0.3) is 0 Å². The molecule has 0 bridgehead atoms. The van der Waals surface area contributed by atoms with Crippen molar-refractivity contribution >= 4 is 10.9 Å². The Bertz CT molecular complexity index is 1080. The molecule has 2 aromatic carbocycles. The maximum absolute atomic E-state index is 10.1. The monoisotopic (exact) mass is 368 g/mol. The molecule has 0 saturated carbocycles. The zero-order valence-corrected chi connectivity index (χ0v) is 16.3. The van der Waals surface area contributed by atoms with Crippen LogP contribution in [0.4, 0.5) is 0 Å². The average Bonchev–Trinajstić information content (AvgIpc) is 2.72. The number of rotatable bonds is 5. The second kappa shape index (κ2) is 7.53. The Labute approximate surface area is 165 Å². The summed E-state index contributed by atoms with van der Waals surface area (Å²) in [4.78, 5) is 9.62. The van der Waals surface area contributed by atoms with Gasteiger partial charge in [0.15, 0.2) is 0 Å². The summed E-state index contributed by atoms with van der Waals surface area (Å²) in [5.41, 5.74) is 5.48. The molecule has 0 fully saturated rings. The number of pyridine rings is 2. The number of hydrogen-bond acceptors (Lipinski definition) is 3. The van der Waals surface area contributed by atoms with Gasteiger partial charge < -0.3 is 5.11 Å². The van der Waals surface area contributed by atoms with Crippen molar-refractivity contribution in [3.05, 3.63) is 84.7 Å². The third-order valence-electron chi connectivity index (χ3n) is 4.93. The van der Waals surface area contributed by atoms with Crippen LogP contribution in [0.25, 0.3) is 33.3 Å². The minimum Gasteiger partial charge on any atom is -0.390 e. The van der Waals surface area contributed by atoms with Gasteiger partial charge in [-0.2, -0.15) is 0 Å². The fourth-order valence-corrected chi connectivity index (χ4v) is 3.43. The largest absolute Gasteiger partial charge is 0.390 e. The molecular formula is C25H24N2O. The van der Waals surface area contributed by atoms with E-state index >= 15 is 0 Å². The lowest BCUT2D eigenvalue weighted by atomic mass is 9.95. The summed E-state index contributed by atoms with van der Waals surface area (Å²) in [5.74, 6) is 0. The molecule has 0 saturated heterocycles. The van der Waals surface area contributed by atoms with E-state index in [-0.39, 0.29) is 0 Å². The SMILES string of the molecule is CC(C)(O)CCc1nccc2nc(-c3ccccc3)c(-c3ccccc3)cc12. The van der Waals surface area contributed by atoms with E-state index in [1.54, 1.807) is 0 Å². The zero-order valence-electron chi connectivity index (χ0n) is 16.3.